The van der Waals surface area contributed by atoms with E-state index in [1.54, 1.807) is 7.11 Å². The highest BCUT2D eigenvalue weighted by atomic mass is 16.5. The van der Waals surface area contributed by atoms with Gasteiger partial charge in [0.15, 0.2) is 0 Å². The Balaban J connectivity index is 1.80. The zero-order valence-corrected chi connectivity index (χ0v) is 10.9. The van der Waals surface area contributed by atoms with Crippen molar-refractivity contribution in [2.45, 2.75) is 6.54 Å². The zero-order chi connectivity index (χ0) is 13.2. The van der Waals surface area contributed by atoms with Crippen molar-refractivity contribution in [3.05, 3.63) is 48.0 Å². The summed E-state index contributed by atoms with van der Waals surface area (Å²) < 4.78 is 5.17. The molecular weight excluding hydrogens is 238 g/mol. The quantitative estimate of drug-likeness (QED) is 0.828. The number of nitrogens with two attached hydrogens (primary N) is 1. The molecule has 4 nitrogen and oxygen atoms in total. The molecule has 3 rings (SSSR count). The Morgan fingerprint density at radius 3 is 2.74 bits per heavy atom. The van der Waals surface area contributed by atoms with Crippen LogP contribution in [0.5, 0.6) is 5.75 Å². The zero-order valence-electron chi connectivity index (χ0n) is 10.9. The van der Waals surface area contributed by atoms with Crippen molar-refractivity contribution in [1.29, 1.82) is 0 Å². The number of nitrogen functional groups attached to an aromatic ring is 1. The van der Waals surface area contributed by atoms with Crippen LogP contribution in [0.1, 0.15) is 5.56 Å². The van der Waals surface area contributed by atoms with E-state index in [0.29, 0.717) is 0 Å². The summed E-state index contributed by atoms with van der Waals surface area (Å²) in [6.45, 7) is 1.66. The van der Waals surface area contributed by atoms with Crippen LogP contribution in [-0.4, -0.2) is 13.8 Å². The van der Waals surface area contributed by atoms with E-state index in [1.165, 1.54) is 5.56 Å². The molecule has 0 bridgehead atoms. The second-order valence-corrected chi connectivity index (χ2v) is 4.66. The second-order valence-electron chi connectivity index (χ2n) is 4.66. The first-order valence-corrected chi connectivity index (χ1v) is 6.27. The fourth-order valence-corrected chi connectivity index (χ4v) is 2.32. The largest absolute Gasteiger partial charge is 0.497 e. The fourth-order valence-electron chi connectivity index (χ4n) is 2.32. The Morgan fingerprint density at radius 2 is 2.00 bits per heavy atom. The Bertz CT molecular complexity index is 580. The third-order valence-corrected chi connectivity index (χ3v) is 3.36. The van der Waals surface area contributed by atoms with E-state index in [0.717, 1.165) is 36.0 Å². The maximum absolute atomic E-state index is 5.85. The normalized spacial score (nSPS) is 13.0. The lowest BCUT2D eigenvalue weighted by molar-refractivity contribution is 0.414. The molecule has 0 saturated heterocycles. The molecule has 4 heteroatoms. The van der Waals surface area contributed by atoms with Gasteiger partial charge in [-0.15, -0.1) is 0 Å². The Hall–Kier alpha value is -2.36. The number of nitrogens with one attached hydrogen (secondary N) is 1. The van der Waals surface area contributed by atoms with E-state index in [2.05, 4.69) is 22.3 Å². The molecular formula is C15H17N3O. The van der Waals surface area contributed by atoms with Crippen LogP contribution in [0, 0.1) is 0 Å². The van der Waals surface area contributed by atoms with Gasteiger partial charge in [0, 0.05) is 12.2 Å². The maximum atomic E-state index is 5.85. The minimum atomic E-state index is 0.794. The highest BCUT2D eigenvalue weighted by Crippen LogP contribution is 2.33. The number of nitrogens with zero attached hydrogens (tertiary/aromatic N) is 1. The van der Waals surface area contributed by atoms with Crippen molar-refractivity contribution >= 4 is 17.1 Å². The predicted molar refractivity (Wildman–Crippen MR) is 78.5 cm³/mol. The molecule has 0 aromatic heterocycles. The van der Waals surface area contributed by atoms with Crippen molar-refractivity contribution in [2.75, 3.05) is 29.7 Å². The summed E-state index contributed by atoms with van der Waals surface area (Å²) in [6.07, 6.45) is 0. The van der Waals surface area contributed by atoms with Crippen LogP contribution in [0.2, 0.25) is 0 Å². The highest BCUT2D eigenvalue weighted by molar-refractivity contribution is 5.78. The van der Waals surface area contributed by atoms with Crippen LogP contribution < -0.4 is 20.7 Å². The van der Waals surface area contributed by atoms with E-state index >= 15 is 0 Å². The molecule has 1 aliphatic rings. The number of rotatable bonds is 3. The minimum absolute atomic E-state index is 0.794. The van der Waals surface area contributed by atoms with Crippen molar-refractivity contribution in [1.82, 2.24) is 0 Å². The monoisotopic (exact) mass is 255 g/mol. The summed E-state index contributed by atoms with van der Waals surface area (Å²) in [5.74, 6) is 0.882. The van der Waals surface area contributed by atoms with Crippen LogP contribution in [0.25, 0.3) is 0 Å². The first-order chi connectivity index (χ1) is 9.26. The summed E-state index contributed by atoms with van der Waals surface area (Å²) in [4.78, 5) is 2.27. The standard InChI is InChI=1S/C15H17N3O/c1-19-13-5-2-11(3-6-13)9-18-10-17-14-7-4-12(16)8-15(14)18/h2-8,17H,9-10,16H2,1H3. The molecule has 1 aliphatic heterocycles. The molecule has 1 heterocycles. The van der Waals surface area contributed by atoms with E-state index in [9.17, 15) is 0 Å². The van der Waals surface area contributed by atoms with Gasteiger partial charge in [-0.05, 0) is 35.9 Å². The predicted octanol–water partition coefficient (Wildman–Crippen LogP) is 2.67. The molecule has 0 aliphatic carbocycles. The number of hydrogen-bond donors (Lipinski definition) is 2. The van der Waals surface area contributed by atoms with Crippen LogP contribution >= 0.6 is 0 Å². The smallest absolute Gasteiger partial charge is 0.118 e. The van der Waals surface area contributed by atoms with Crippen LogP contribution in [0.4, 0.5) is 17.1 Å². The highest BCUT2D eigenvalue weighted by Gasteiger charge is 2.18. The van der Waals surface area contributed by atoms with Crippen LogP contribution in [0.15, 0.2) is 42.5 Å². The van der Waals surface area contributed by atoms with Gasteiger partial charge in [0.1, 0.15) is 5.75 Å². The van der Waals surface area contributed by atoms with Gasteiger partial charge < -0.3 is 20.7 Å². The Morgan fingerprint density at radius 1 is 1.21 bits per heavy atom. The Labute approximate surface area is 112 Å². The lowest BCUT2D eigenvalue weighted by atomic mass is 10.2. The van der Waals surface area contributed by atoms with Gasteiger partial charge in [-0.25, -0.2) is 0 Å². The van der Waals surface area contributed by atoms with E-state index in [1.807, 2.05) is 30.3 Å². The molecule has 0 fully saturated rings. The summed E-state index contributed by atoms with van der Waals surface area (Å²) in [6, 6.07) is 14.1. The van der Waals surface area contributed by atoms with Gasteiger partial charge in [0.25, 0.3) is 0 Å². The van der Waals surface area contributed by atoms with Crippen LogP contribution in [-0.2, 0) is 6.54 Å². The van der Waals surface area contributed by atoms with Crippen molar-refractivity contribution in [2.24, 2.45) is 0 Å². The summed E-state index contributed by atoms with van der Waals surface area (Å²) in [5, 5.41) is 3.37. The van der Waals surface area contributed by atoms with E-state index in [4.69, 9.17) is 10.5 Å². The first-order valence-electron chi connectivity index (χ1n) is 6.27. The van der Waals surface area contributed by atoms with E-state index < -0.39 is 0 Å². The van der Waals surface area contributed by atoms with Crippen molar-refractivity contribution in [3.8, 4) is 5.75 Å². The number of methoxy groups -OCH3 is 1. The summed E-state index contributed by atoms with van der Waals surface area (Å²) in [7, 11) is 1.68. The molecule has 0 amide bonds. The molecule has 2 aromatic carbocycles. The number of fused-ring (bicyclic) bond motifs is 1. The van der Waals surface area contributed by atoms with Crippen LogP contribution in [0.3, 0.4) is 0 Å². The lowest BCUT2D eigenvalue weighted by Crippen LogP contribution is -2.22. The SMILES string of the molecule is COc1ccc(CN2CNc3ccc(N)cc32)cc1. The lowest BCUT2D eigenvalue weighted by Gasteiger charge is -2.18. The minimum Gasteiger partial charge on any atom is -0.497 e. The molecule has 3 N–H and O–H groups in total. The third kappa shape index (κ3) is 2.29. The van der Waals surface area contributed by atoms with Gasteiger partial charge in [-0.2, -0.15) is 0 Å². The molecule has 0 saturated carbocycles. The average Bonchev–Trinajstić information content (AvgIpc) is 2.82. The topological polar surface area (TPSA) is 50.5 Å². The number of ether oxygens (including phenoxy) is 1. The molecule has 0 radical (unpaired) electrons. The summed E-state index contributed by atoms with van der Waals surface area (Å²) >= 11 is 0. The molecule has 19 heavy (non-hydrogen) atoms. The van der Waals surface area contributed by atoms with Crippen molar-refractivity contribution < 1.29 is 4.74 Å². The third-order valence-electron chi connectivity index (χ3n) is 3.36. The van der Waals surface area contributed by atoms with Gasteiger partial charge >= 0.3 is 0 Å². The number of hydrogen-bond acceptors (Lipinski definition) is 4. The van der Waals surface area contributed by atoms with Gasteiger partial charge in [-0.1, -0.05) is 12.1 Å². The van der Waals surface area contributed by atoms with Gasteiger partial charge in [0.05, 0.1) is 25.2 Å². The maximum Gasteiger partial charge on any atom is 0.118 e. The van der Waals surface area contributed by atoms with Gasteiger partial charge in [-0.3, -0.25) is 0 Å². The average molecular weight is 255 g/mol. The summed E-state index contributed by atoms with van der Waals surface area (Å²) in [5.41, 5.74) is 10.2. The molecule has 0 atom stereocenters. The fraction of sp³-hybridized carbons (Fsp3) is 0.200. The first kappa shape index (κ1) is 11.7. The molecule has 98 valence electrons. The Kier molecular flexibility index (Phi) is 2.91. The number of benzene rings is 2. The molecule has 0 unspecified atom stereocenters. The molecule has 0 spiro atoms. The van der Waals surface area contributed by atoms with Crippen molar-refractivity contribution in [3.63, 3.8) is 0 Å². The molecule has 2 aromatic rings. The number of anilines is 3. The van der Waals surface area contributed by atoms with Gasteiger partial charge in [0.2, 0.25) is 0 Å². The van der Waals surface area contributed by atoms with E-state index in [-0.39, 0.29) is 0 Å². The second kappa shape index (κ2) is 4.72.